The Labute approximate surface area is 107 Å². The summed E-state index contributed by atoms with van der Waals surface area (Å²) in [5.41, 5.74) is 1.02. The Hall–Kier alpha value is -0.270. The zero-order chi connectivity index (χ0) is 12.3. The Bertz CT molecular complexity index is 355. The molecule has 1 aromatic rings. The first kappa shape index (κ1) is 13.8. The summed E-state index contributed by atoms with van der Waals surface area (Å²) in [6.45, 7) is 6.31. The lowest BCUT2D eigenvalue weighted by Crippen LogP contribution is -2.21. The predicted molar refractivity (Wildman–Crippen MR) is 68.8 cm³/mol. The molecule has 0 fully saturated rings. The number of benzene rings is 1. The summed E-state index contributed by atoms with van der Waals surface area (Å²) >= 11 is 11.9. The van der Waals surface area contributed by atoms with Crippen molar-refractivity contribution >= 4 is 23.2 Å². The minimum absolute atomic E-state index is 0.0759. The van der Waals surface area contributed by atoms with E-state index in [0.717, 1.165) is 18.4 Å². The minimum Gasteiger partial charge on any atom is -0.205 e. The molecule has 0 bridgehead atoms. The third-order valence-corrected chi connectivity index (χ3v) is 3.79. The van der Waals surface area contributed by atoms with E-state index >= 15 is 0 Å². The number of alkyl halides is 1. The molecule has 0 nitrogen and oxygen atoms in total. The van der Waals surface area contributed by atoms with E-state index in [-0.39, 0.29) is 21.6 Å². The highest BCUT2D eigenvalue weighted by Crippen LogP contribution is 2.28. The third-order valence-electron chi connectivity index (χ3n) is 2.61. The number of aryl methyl sites for hydroxylation is 1. The summed E-state index contributed by atoms with van der Waals surface area (Å²) in [6.07, 6.45) is 1.62. The molecule has 16 heavy (non-hydrogen) atoms. The van der Waals surface area contributed by atoms with Crippen molar-refractivity contribution in [3.05, 3.63) is 34.6 Å². The van der Waals surface area contributed by atoms with Crippen molar-refractivity contribution < 1.29 is 4.39 Å². The quantitative estimate of drug-likeness (QED) is 0.668. The summed E-state index contributed by atoms with van der Waals surface area (Å²) in [4.78, 5) is 0. The van der Waals surface area contributed by atoms with Gasteiger partial charge >= 0.3 is 0 Å². The SMILES string of the molecule is CC(C)(C)C(Cl)CCc1ccc(Cl)c(F)c1. The second-order valence-electron chi connectivity index (χ2n) is 5.12. The van der Waals surface area contributed by atoms with Crippen LogP contribution < -0.4 is 0 Å². The van der Waals surface area contributed by atoms with Crippen molar-refractivity contribution in [1.29, 1.82) is 0 Å². The van der Waals surface area contributed by atoms with Crippen LogP contribution in [-0.4, -0.2) is 5.38 Å². The molecule has 0 aliphatic carbocycles. The average molecular weight is 263 g/mol. The highest BCUT2D eigenvalue weighted by Gasteiger charge is 2.21. The van der Waals surface area contributed by atoms with Crippen LogP contribution in [0, 0.1) is 11.2 Å². The molecule has 90 valence electrons. The predicted octanol–water partition coefficient (Wildman–Crippen LogP) is 5.07. The van der Waals surface area contributed by atoms with Gasteiger partial charge in [0.05, 0.1) is 5.02 Å². The second-order valence-corrected chi connectivity index (χ2v) is 6.05. The largest absolute Gasteiger partial charge is 0.205 e. The van der Waals surface area contributed by atoms with Gasteiger partial charge in [-0.1, -0.05) is 38.4 Å². The van der Waals surface area contributed by atoms with Crippen LogP contribution >= 0.6 is 23.2 Å². The van der Waals surface area contributed by atoms with Gasteiger partial charge in [-0.05, 0) is 36.0 Å². The van der Waals surface area contributed by atoms with E-state index in [1.165, 1.54) is 6.07 Å². The fourth-order valence-corrected chi connectivity index (χ4v) is 1.65. The molecule has 1 unspecified atom stereocenters. The number of hydrogen-bond acceptors (Lipinski definition) is 0. The van der Waals surface area contributed by atoms with Crippen LogP contribution in [0.3, 0.4) is 0 Å². The molecule has 0 saturated heterocycles. The summed E-state index contributed by atoms with van der Waals surface area (Å²) in [7, 11) is 0. The lowest BCUT2D eigenvalue weighted by Gasteiger charge is -2.25. The third kappa shape index (κ3) is 3.95. The van der Waals surface area contributed by atoms with Gasteiger partial charge in [-0.2, -0.15) is 0 Å². The first-order valence-electron chi connectivity index (χ1n) is 5.38. The van der Waals surface area contributed by atoms with Gasteiger partial charge in [0, 0.05) is 5.38 Å². The van der Waals surface area contributed by atoms with Gasteiger partial charge in [0.1, 0.15) is 5.82 Å². The van der Waals surface area contributed by atoms with Gasteiger partial charge in [0.15, 0.2) is 0 Å². The summed E-state index contributed by atoms with van der Waals surface area (Å²) in [5, 5.41) is 0.258. The Morgan fingerprint density at radius 2 is 1.94 bits per heavy atom. The molecule has 0 N–H and O–H groups in total. The molecule has 1 atom stereocenters. The molecule has 0 aromatic heterocycles. The summed E-state index contributed by atoms with van der Waals surface area (Å²) in [5.74, 6) is -0.360. The van der Waals surface area contributed by atoms with Crippen LogP contribution in [0.4, 0.5) is 4.39 Å². The zero-order valence-electron chi connectivity index (χ0n) is 9.86. The number of halogens is 3. The maximum Gasteiger partial charge on any atom is 0.142 e. The molecule has 3 heteroatoms. The van der Waals surface area contributed by atoms with E-state index in [0.29, 0.717) is 0 Å². The minimum atomic E-state index is -0.360. The molecule has 0 aliphatic heterocycles. The normalized spacial score (nSPS) is 13.9. The molecule has 0 spiro atoms. The fraction of sp³-hybridized carbons (Fsp3) is 0.538. The topological polar surface area (TPSA) is 0 Å². The van der Waals surface area contributed by atoms with Crippen molar-refractivity contribution in [3.8, 4) is 0 Å². The van der Waals surface area contributed by atoms with E-state index in [1.54, 1.807) is 6.07 Å². The first-order valence-corrected chi connectivity index (χ1v) is 6.20. The van der Waals surface area contributed by atoms with Crippen molar-refractivity contribution in [2.24, 2.45) is 5.41 Å². The summed E-state index contributed by atoms with van der Waals surface area (Å²) in [6, 6.07) is 4.92. The highest BCUT2D eigenvalue weighted by molar-refractivity contribution is 6.30. The first-order chi connectivity index (χ1) is 7.30. The van der Waals surface area contributed by atoms with Crippen molar-refractivity contribution in [1.82, 2.24) is 0 Å². The van der Waals surface area contributed by atoms with Gasteiger partial charge in [0.25, 0.3) is 0 Å². The maximum atomic E-state index is 13.2. The molecule has 0 amide bonds. The van der Waals surface area contributed by atoms with E-state index in [2.05, 4.69) is 20.8 Å². The Balaban J connectivity index is 2.58. The lowest BCUT2D eigenvalue weighted by atomic mass is 9.88. The number of rotatable bonds is 3. The number of hydrogen-bond donors (Lipinski definition) is 0. The molecular formula is C13H17Cl2F. The van der Waals surface area contributed by atoms with E-state index < -0.39 is 0 Å². The van der Waals surface area contributed by atoms with Gasteiger partial charge in [-0.3, -0.25) is 0 Å². The lowest BCUT2D eigenvalue weighted by molar-refractivity contribution is 0.374. The average Bonchev–Trinajstić information content (AvgIpc) is 2.18. The van der Waals surface area contributed by atoms with Crippen molar-refractivity contribution in [3.63, 3.8) is 0 Å². The standard InChI is InChI=1S/C13H17Cl2F/c1-13(2,3)12(15)7-5-9-4-6-10(14)11(16)8-9/h4,6,8,12H,5,7H2,1-3H3. The van der Waals surface area contributed by atoms with E-state index in [1.807, 2.05) is 6.07 Å². The second kappa shape index (κ2) is 5.37. The van der Waals surface area contributed by atoms with Crippen LogP contribution in [0.2, 0.25) is 5.02 Å². The van der Waals surface area contributed by atoms with E-state index in [4.69, 9.17) is 23.2 Å². The monoisotopic (exact) mass is 262 g/mol. The molecule has 0 radical (unpaired) electrons. The molecule has 1 rings (SSSR count). The van der Waals surface area contributed by atoms with E-state index in [9.17, 15) is 4.39 Å². The van der Waals surface area contributed by atoms with Crippen molar-refractivity contribution in [2.45, 2.75) is 39.0 Å². The van der Waals surface area contributed by atoms with Crippen LogP contribution in [0.1, 0.15) is 32.8 Å². The smallest absolute Gasteiger partial charge is 0.142 e. The fourth-order valence-electron chi connectivity index (χ4n) is 1.42. The Morgan fingerprint density at radius 3 is 2.44 bits per heavy atom. The van der Waals surface area contributed by atoms with Crippen LogP contribution in [0.5, 0.6) is 0 Å². The van der Waals surface area contributed by atoms with Gasteiger partial charge in [-0.25, -0.2) is 4.39 Å². The molecule has 1 aromatic carbocycles. The maximum absolute atomic E-state index is 13.2. The molecule has 0 aliphatic rings. The van der Waals surface area contributed by atoms with Crippen LogP contribution in [0.15, 0.2) is 18.2 Å². The van der Waals surface area contributed by atoms with Crippen molar-refractivity contribution in [2.75, 3.05) is 0 Å². The van der Waals surface area contributed by atoms with Gasteiger partial charge < -0.3 is 0 Å². The highest BCUT2D eigenvalue weighted by atomic mass is 35.5. The Morgan fingerprint density at radius 1 is 1.31 bits per heavy atom. The molecule has 0 heterocycles. The summed E-state index contributed by atoms with van der Waals surface area (Å²) < 4.78 is 13.2. The van der Waals surface area contributed by atoms with Gasteiger partial charge in [0.2, 0.25) is 0 Å². The zero-order valence-corrected chi connectivity index (χ0v) is 11.4. The van der Waals surface area contributed by atoms with Crippen LogP contribution in [-0.2, 0) is 6.42 Å². The molecule has 0 saturated carbocycles. The van der Waals surface area contributed by atoms with Crippen LogP contribution in [0.25, 0.3) is 0 Å². The van der Waals surface area contributed by atoms with Gasteiger partial charge in [-0.15, -0.1) is 11.6 Å². The Kier molecular flexibility index (Phi) is 4.63. The molecular weight excluding hydrogens is 246 g/mol.